The lowest BCUT2D eigenvalue weighted by atomic mass is 10.1. The molecule has 0 fully saturated rings. The smallest absolute Gasteiger partial charge is 0.105 e. The van der Waals surface area contributed by atoms with Gasteiger partial charge in [-0.25, -0.2) is 5.84 Å². The molecule has 0 aliphatic heterocycles. The van der Waals surface area contributed by atoms with Gasteiger partial charge in [0.1, 0.15) is 12.3 Å². The number of hydrazine groups is 1. The van der Waals surface area contributed by atoms with Gasteiger partial charge in [-0.2, -0.15) is 10.4 Å². The number of nitrogens with zero attached hydrogens (tertiary/aromatic N) is 2. The Kier molecular flexibility index (Phi) is 5.16. The van der Waals surface area contributed by atoms with Crippen molar-refractivity contribution in [2.24, 2.45) is 5.84 Å². The maximum absolute atomic E-state index is 8.59. The lowest BCUT2D eigenvalue weighted by Crippen LogP contribution is -2.31. The van der Waals surface area contributed by atoms with Crippen molar-refractivity contribution in [2.75, 3.05) is 10.9 Å². The van der Waals surface area contributed by atoms with E-state index in [1.165, 1.54) is 5.17 Å². The first-order valence-corrected chi connectivity index (χ1v) is 6.67. The Morgan fingerprint density at radius 1 is 1.10 bits per heavy atom. The molecule has 2 aromatic rings. The van der Waals surface area contributed by atoms with E-state index < -0.39 is 0 Å². The van der Waals surface area contributed by atoms with Crippen molar-refractivity contribution in [1.82, 2.24) is 0 Å². The molecule has 5 nitrogen and oxygen atoms in total. The summed E-state index contributed by atoms with van der Waals surface area (Å²) in [6.45, 7) is 0.368. The van der Waals surface area contributed by atoms with Crippen molar-refractivity contribution >= 4 is 11.4 Å². The second-order valence-electron chi connectivity index (χ2n) is 4.64. The molecule has 0 aromatic heterocycles. The third-order valence-electron chi connectivity index (χ3n) is 3.07. The van der Waals surface area contributed by atoms with Gasteiger partial charge in [0.2, 0.25) is 0 Å². The van der Waals surface area contributed by atoms with Gasteiger partial charge in [-0.3, -0.25) is 4.84 Å². The summed E-state index contributed by atoms with van der Waals surface area (Å²) in [6, 6.07) is 17.4. The fourth-order valence-electron chi connectivity index (χ4n) is 1.95. The van der Waals surface area contributed by atoms with Gasteiger partial charge in [0, 0.05) is 6.42 Å². The third-order valence-corrected chi connectivity index (χ3v) is 3.07. The minimum Gasteiger partial charge on any atom is -0.397 e. The Balaban J connectivity index is 1.99. The van der Waals surface area contributed by atoms with Crippen molar-refractivity contribution < 1.29 is 4.84 Å². The Hall–Kier alpha value is -2.55. The molecule has 0 unspecified atom stereocenters. The van der Waals surface area contributed by atoms with E-state index in [1.54, 1.807) is 6.07 Å². The van der Waals surface area contributed by atoms with Crippen LogP contribution in [0.4, 0.5) is 11.4 Å². The highest BCUT2D eigenvalue weighted by molar-refractivity contribution is 5.66. The predicted molar refractivity (Wildman–Crippen MR) is 82.7 cm³/mol. The highest BCUT2D eigenvalue weighted by Gasteiger charge is 2.08. The number of anilines is 2. The van der Waals surface area contributed by atoms with Gasteiger partial charge < -0.3 is 5.73 Å². The van der Waals surface area contributed by atoms with Crippen molar-refractivity contribution in [3.8, 4) is 6.07 Å². The number of nitrogens with two attached hydrogens (primary N) is 2. The topological polar surface area (TPSA) is 88.3 Å². The van der Waals surface area contributed by atoms with E-state index in [0.29, 0.717) is 30.8 Å². The highest BCUT2D eigenvalue weighted by atomic mass is 16.7. The average Bonchev–Trinajstić information content (AvgIpc) is 2.51. The molecule has 108 valence electrons. The molecule has 0 heterocycles. The van der Waals surface area contributed by atoms with Crippen LogP contribution in [0.2, 0.25) is 0 Å². The van der Waals surface area contributed by atoms with E-state index in [-0.39, 0.29) is 0 Å². The molecule has 4 N–H and O–H groups in total. The molecule has 0 saturated heterocycles. The molecule has 5 heteroatoms. The largest absolute Gasteiger partial charge is 0.397 e. The average molecular weight is 282 g/mol. The Bertz CT molecular complexity index is 622. The van der Waals surface area contributed by atoms with E-state index in [4.69, 9.17) is 21.7 Å². The van der Waals surface area contributed by atoms with Crippen LogP contribution >= 0.6 is 0 Å². The molecule has 0 radical (unpaired) electrons. The first-order valence-electron chi connectivity index (χ1n) is 6.67. The van der Waals surface area contributed by atoms with Gasteiger partial charge in [-0.1, -0.05) is 36.4 Å². The SMILES string of the molecule is N#CCCc1ccc(N(N)OCc2ccccc2)c(N)c1. The number of hydrogen-bond acceptors (Lipinski definition) is 5. The quantitative estimate of drug-likeness (QED) is 0.483. The van der Waals surface area contributed by atoms with Gasteiger partial charge in [0.25, 0.3) is 0 Å². The molecule has 0 amide bonds. The van der Waals surface area contributed by atoms with Crippen LogP contribution in [0, 0.1) is 11.3 Å². The minimum atomic E-state index is 0.368. The summed E-state index contributed by atoms with van der Waals surface area (Å²) in [5.41, 5.74) is 9.14. The second kappa shape index (κ2) is 7.29. The number of benzene rings is 2. The first-order chi connectivity index (χ1) is 10.2. The Morgan fingerprint density at radius 3 is 2.52 bits per heavy atom. The summed E-state index contributed by atoms with van der Waals surface area (Å²) in [4.78, 5) is 5.49. The lowest BCUT2D eigenvalue weighted by molar-refractivity contribution is 0.0951. The monoisotopic (exact) mass is 282 g/mol. The van der Waals surface area contributed by atoms with E-state index in [0.717, 1.165) is 11.1 Å². The van der Waals surface area contributed by atoms with Crippen molar-refractivity contribution in [3.05, 3.63) is 59.7 Å². The third kappa shape index (κ3) is 4.21. The van der Waals surface area contributed by atoms with E-state index in [2.05, 4.69) is 6.07 Å². The summed E-state index contributed by atoms with van der Waals surface area (Å²) in [5.74, 6) is 5.87. The number of nitrogen functional groups attached to an aromatic ring is 1. The number of hydrogen-bond donors (Lipinski definition) is 2. The van der Waals surface area contributed by atoms with E-state index in [9.17, 15) is 0 Å². The fourth-order valence-corrected chi connectivity index (χ4v) is 1.95. The summed E-state index contributed by atoms with van der Waals surface area (Å²) in [7, 11) is 0. The van der Waals surface area contributed by atoms with Gasteiger partial charge in [-0.15, -0.1) is 0 Å². The molecule has 2 rings (SSSR count). The normalized spacial score (nSPS) is 10.1. The standard InChI is InChI=1S/C16H18N4O/c17-10-4-7-13-8-9-16(15(18)11-13)20(19)21-12-14-5-2-1-3-6-14/h1-3,5-6,8-9,11H,4,7,12,18-19H2. The van der Waals surface area contributed by atoms with Gasteiger partial charge in [0.05, 0.1) is 11.8 Å². The number of nitriles is 1. The van der Waals surface area contributed by atoms with Gasteiger partial charge in [0.15, 0.2) is 0 Å². The van der Waals surface area contributed by atoms with Crippen molar-refractivity contribution in [2.45, 2.75) is 19.4 Å². The maximum Gasteiger partial charge on any atom is 0.105 e. The second-order valence-corrected chi connectivity index (χ2v) is 4.64. The molecule has 2 aromatic carbocycles. The van der Waals surface area contributed by atoms with Gasteiger partial charge >= 0.3 is 0 Å². The number of rotatable bonds is 6. The molecule has 0 atom stereocenters. The molecular formula is C16H18N4O. The zero-order chi connectivity index (χ0) is 15.1. The van der Waals surface area contributed by atoms with Crippen LogP contribution in [0.1, 0.15) is 17.5 Å². The summed E-state index contributed by atoms with van der Waals surface area (Å²) >= 11 is 0. The molecule has 0 aliphatic carbocycles. The molecular weight excluding hydrogens is 264 g/mol. The van der Waals surface area contributed by atoms with Crippen LogP contribution in [0.3, 0.4) is 0 Å². The predicted octanol–water partition coefficient (Wildman–Crippen LogP) is 2.54. The van der Waals surface area contributed by atoms with Crippen molar-refractivity contribution in [3.63, 3.8) is 0 Å². The molecule has 21 heavy (non-hydrogen) atoms. The lowest BCUT2D eigenvalue weighted by Gasteiger charge is -2.20. The highest BCUT2D eigenvalue weighted by Crippen LogP contribution is 2.23. The molecule has 0 aliphatic rings. The van der Waals surface area contributed by atoms with E-state index >= 15 is 0 Å². The zero-order valence-electron chi connectivity index (χ0n) is 11.7. The summed E-state index contributed by atoms with van der Waals surface area (Å²) < 4.78 is 0. The summed E-state index contributed by atoms with van der Waals surface area (Å²) in [5, 5.41) is 9.77. The first kappa shape index (κ1) is 14.9. The van der Waals surface area contributed by atoms with Gasteiger partial charge in [-0.05, 0) is 29.7 Å². The fraction of sp³-hybridized carbons (Fsp3) is 0.188. The van der Waals surface area contributed by atoms with Crippen LogP contribution in [0.15, 0.2) is 48.5 Å². The maximum atomic E-state index is 8.59. The van der Waals surface area contributed by atoms with Crippen LogP contribution < -0.4 is 16.7 Å². The van der Waals surface area contributed by atoms with Crippen molar-refractivity contribution in [1.29, 1.82) is 5.26 Å². The van der Waals surface area contributed by atoms with E-state index in [1.807, 2.05) is 42.5 Å². The number of aryl methyl sites for hydroxylation is 1. The Labute approximate surface area is 124 Å². The minimum absolute atomic E-state index is 0.368. The van der Waals surface area contributed by atoms with Crippen LogP contribution in [-0.2, 0) is 17.9 Å². The Morgan fingerprint density at radius 2 is 1.86 bits per heavy atom. The molecule has 0 saturated carbocycles. The molecule has 0 bridgehead atoms. The van der Waals surface area contributed by atoms with Crippen LogP contribution in [-0.4, -0.2) is 0 Å². The van der Waals surface area contributed by atoms with Crippen LogP contribution in [0.25, 0.3) is 0 Å². The summed E-state index contributed by atoms with van der Waals surface area (Å²) in [6.07, 6.45) is 1.14. The van der Waals surface area contributed by atoms with Crippen LogP contribution in [0.5, 0.6) is 0 Å². The molecule has 0 spiro atoms. The zero-order valence-corrected chi connectivity index (χ0v) is 11.7.